The Bertz CT molecular complexity index is 1250. The van der Waals surface area contributed by atoms with Crippen LogP contribution in [0.1, 0.15) is 45.6 Å². The first-order chi connectivity index (χ1) is 19.0. The van der Waals surface area contributed by atoms with E-state index in [4.69, 9.17) is 14.2 Å². The predicted octanol–water partition coefficient (Wildman–Crippen LogP) is 5.89. The second-order valence-electron chi connectivity index (χ2n) is 9.50. The number of benzene rings is 4. The number of nitrogens with one attached hydrogen (secondary N) is 1. The summed E-state index contributed by atoms with van der Waals surface area (Å²) in [5, 5.41) is 14.5. The first-order valence-electron chi connectivity index (χ1n) is 13.1. The van der Waals surface area contributed by atoms with Gasteiger partial charge in [0.25, 0.3) is 0 Å². The van der Waals surface area contributed by atoms with E-state index in [1.165, 1.54) is 7.11 Å². The summed E-state index contributed by atoms with van der Waals surface area (Å²) in [5.41, 5.74) is 4.45. The Morgan fingerprint density at radius 3 is 1.82 bits per heavy atom. The van der Waals surface area contributed by atoms with E-state index in [0.717, 1.165) is 23.1 Å². The Morgan fingerprint density at radius 1 is 0.769 bits per heavy atom. The third-order valence-corrected chi connectivity index (χ3v) is 6.36. The van der Waals surface area contributed by atoms with Gasteiger partial charge in [-0.2, -0.15) is 0 Å². The van der Waals surface area contributed by atoms with Gasteiger partial charge in [0.15, 0.2) is 0 Å². The molecule has 0 amide bonds. The van der Waals surface area contributed by atoms with Crippen molar-refractivity contribution >= 4 is 5.97 Å². The lowest BCUT2D eigenvalue weighted by molar-refractivity contribution is 0.0600. The SMILES string of the molecule is COC(=O)c1ccc(CC(C)NCC(O)c2cc(OCc3ccccc3)cc(OCc3ccccc3)c2)cc1. The minimum absolute atomic E-state index is 0.106. The number of carbonyl (C=O) groups excluding carboxylic acids is 1. The summed E-state index contributed by atoms with van der Waals surface area (Å²) in [7, 11) is 1.37. The van der Waals surface area contributed by atoms with Crippen molar-refractivity contribution in [3.63, 3.8) is 0 Å². The molecule has 6 nitrogen and oxygen atoms in total. The average molecular weight is 526 g/mol. The number of aliphatic hydroxyl groups excluding tert-OH is 1. The molecule has 2 atom stereocenters. The molecule has 4 aromatic rings. The van der Waals surface area contributed by atoms with Crippen LogP contribution in [0.4, 0.5) is 0 Å². The second-order valence-corrected chi connectivity index (χ2v) is 9.50. The maximum atomic E-state index is 11.7. The fraction of sp³-hybridized carbons (Fsp3) is 0.242. The van der Waals surface area contributed by atoms with Gasteiger partial charge in [-0.05, 0) is 59.9 Å². The molecule has 0 aromatic heterocycles. The van der Waals surface area contributed by atoms with Crippen molar-refractivity contribution in [3.05, 3.63) is 131 Å². The molecule has 0 radical (unpaired) electrons. The standard InChI is InChI=1S/C33H35NO5/c1-24(17-25-13-15-28(16-14-25)33(36)37-2)34-21-32(35)29-18-30(38-22-26-9-5-3-6-10-26)20-31(19-29)39-23-27-11-7-4-8-12-27/h3-16,18-20,24,32,34-35H,17,21-23H2,1-2H3. The summed E-state index contributed by atoms with van der Waals surface area (Å²) in [6.45, 7) is 3.27. The van der Waals surface area contributed by atoms with Gasteiger partial charge in [-0.1, -0.05) is 72.8 Å². The van der Waals surface area contributed by atoms with Gasteiger partial charge in [0.1, 0.15) is 24.7 Å². The summed E-state index contributed by atoms with van der Waals surface area (Å²) < 4.78 is 16.9. The number of ether oxygens (including phenoxy) is 3. The summed E-state index contributed by atoms with van der Waals surface area (Å²) in [4.78, 5) is 11.7. The van der Waals surface area contributed by atoms with E-state index in [0.29, 0.717) is 42.4 Å². The van der Waals surface area contributed by atoms with Gasteiger partial charge in [0.2, 0.25) is 0 Å². The lowest BCUT2D eigenvalue weighted by atomic mass is 10.0. The van der Waals surface area contributed by atoms with E-state index in [1.54, 1.807) is 12.1 Å². The number of hydrogen-bond acceptors (Lipinski definition) is 6. The molecule has 39 heavy (non-hydrogen) atoms. The summed E-state index contributed by atoms with van der Waals surface area (Å²) in [6, 6.07) is 33.0. The predicted molar refractivity (Wildman–Crippen MR) is 152 cm³/mol. The first kappa shape index (κ1) is 27.9. The Balaban J connectivity index is 1.39. The van der Waals surface area contributed by atoms with E-state index in [1.807, 2.05) is 91.0 Å². The van der Waals surface area contributed by atoms with Crippen LogP contribution in [-0.4, -0.2) is 30.8 Å². The molecule has 0 saturated carbocycles. The highest BCUT2D eigenvalue weighted by molar-refractivity contribution is 5.89. The monoisotopic (exact) mass is 525 g/mol. The van der Waals surface area contributed by atoms with Gasteiger partial charge in [0, 0.05) is 18.7 Å². The highest BCUT2D eigenvalue weighted by Crippen LogP contribution is 2.28. The minimum Gasteiger partial charge on any atom is -0.489 e. The lowest BCUT2D eigenvalue weighted by Crippen LogP contribution is -2.32. The maximum Gasteiger partial charge on any atom is 0.337 e. The number of esters is 1. The Labute approximate surface area is 230 Å². The molecule has 0 spiro atoms. The molecule has 2 N–H and O–H groups in total. The Kier molecular flexibility index (Phi) is 10.1. The summed E-state index contributed by atoms with van der Waals surface area (Å²) in [6.07, 6.45) is -0.00618. The van der Waals surface area contributed by atoms with Gasteiger partial charge in [0.05, 0.1) is 18.8 Å². The largest absolute Gasteiger partial charge is 0.489 e. The van der Waals surface area contributed by atoms with Crippen LogP contribution in [0.15, 0.2) is 103 Å². The quantitative estimate of drug-likeness (QED) is 0.212. The van der Waals surface area contributed by atoms with Crippen LogP contribution >= 0.6 is 0 Å². The number of hydrogen-bond donors (Lipinski definition) is 2. The fourth-order valence-corrected chi connectivity index (χ4v) is 4.19. The molecule has 202 valence electrons. The zero-order valence-corrected chi connectivity index (χ0v) is 22.4. The molecule has 0 saturated heterocycles. The van der Waals surface area contributed by atoms with Crippen molar-refractivity contribution in [1.82, 2.24) is 5.32 Å². The molecule has 0 aliphatic rings. The minimum atomic E-state index is -0.756. The van der Waals surface area contributed by atoms with Crippen LogP contribution in [-0.2, 0) is 24.4 Å². The van der Waals surface area contributed by atoms with Crippen LogP contribution in [0.25, 0.3) is 0 Å². The highest BCUT2D eigenvalue weighted by Gasteiger charge is 2.14. The van der Waals surface area contributed by atoms with Crippen molar-refractivity contribution in [2.45, 2.75) is 38.7 Å². The molecule has 0 aliphatic heterocycles. The number of methoxy groups -OCH3 is 1. The Morgan fingerprint density at radius 2 is 1.31 bits per heavy atom. The van der Waals surface area contributed by atoms with E-state index in [9.17, 15) is 9.90 Å². The average Bonchev–Trinajstić information content (AvgIpc) is 2.98. The van der Waals surface area contributed by atoms with Gasteiger partial charge < -0.3 is 24.6 Å². The molecular weight excluding hydrogens is 490 g/mol. The van der Waals surface area contributed by atoms with Crippen LogP contribution in [0.3, 0.4) is 0 Å². The smallest absolute Gasteiger partial charge is 0.337 e. The number of aliphatic hydroxyl groups is 1. The summed E-state index contributed by atoms with van der Waals surface area (Å²) >= 11 is 0. The third kappa shape index (κ3) is 8.70. The van der Waals surface area contributed by atoms with Crippen LogP contribution in [0.2, 0.25) is 0 Å². The number of rotatable bonds is 13. The van der Waals surface area contributed by atoms with Crippen LogP contribution in [0, 0.1) is 0 Å². The third-order valence-electron chi connectivity index (χ3n) is 6.36. The van der Waals surface area contributed by atoms with Crippen molar-refractivity contribution in [3.8, 4) is 11.5 Å². The molecule has 2 unspecified atom stereocenters. The Hall–Kier alpha value is -4.13. The number of carbonyl (C=O) groups is 1. The summed E-state index contributed by atoms with van der Waals surface area (Å²) in [5.74, 6) is 0.923. The van der Waals surface area contributed by atoms with Crippen molar-refractivity contribution in [2.75, 3.05) is 13.7 Å². The molecule has 0 aliphatic carbocycles. The second kappa shape index (κ2) is 14.1. The van der Waals surface area contributed by atoms with Gasteiger partial charge >= 0.3 is 5.97 Å². The van der Waals surface area contributed by atoms with Gasteiger partial charge in [-0.3, -0.25) is 0 Å². The molecular formula is C33H35NO5. The maximum absolute atomic E-state index is 11.7. The lowest BCUT2D eigenvalue weighted by Gasteiger charge is -2.19. The molecule has 6 heteroatoms. The zero-order chi connectivity index (χ0) is 27.5. The van der Waals surface area contributed by atoms with E-state index >= 15 is 0 Å². The van der Waals surface area contributed by atoms with E-state index in [2.05, 4.69) is 12.2 Å². The normalized spacial score (nSPS) is 12.4. The topological polar surface area (TPSA) is 77.0 Å². The molecule has 0 bridgehead atoms. The molecule has 4 aromatic carbocycles. The van der Waals surface area contributed by atoms with Gasteiger partial charge in [-0.25, -0.2) is 4.79 Å². The van der Waals surface area contributed by atoms with Crippen LogP contribution in [0.5, 0.6) is 11.5 Å². The van der Waals surface area contributed by atoms with Gasteiger partial charge in [-0.15, -0.1) is 0 Å². The van der Waals surface area contributed by atoms with Crippen molar-refractivity contribution in [2.24, 2.45) is 0 Å². The van der Waals surface area contributed by atoms with Crippen molar-refractivity contribution < 1.29 is 24.1 Å². The van der Waals surface area contributed by atoms with Crippen LogP contribution < -0.4 is 14.8 Å². The first-order valence-corrected chi connectivity index (χ1v) is 13.1. The molecule has 4 rings (SSSR count). The molecule has 0 heterocycles. The molecule has 0 fully saturated rings. The fourth-order valence-electron chi connectivity index (χ4n) is 4.19. The van der Waals surface area contributed by atoms with E-state index < -0.39 is 6.10 Å². The highest BCUT2D eigenvalue weighted by atomic mass is 16.5. The van der Waals surface area contributed by atoms with Crippen molar-refractivity contribution in [1.29, 1.82) is 0 Å². The van der Waals surface area contributed by atoms with E-state index in [-0.39, 0.29) is 12.0 Å². The zero-order valence-electron chi connectivity index (χ0n) is 22.4.